The third-order valence-corrected chi connectivity index (χ3v) is 2.47. The van der Waals surface area contributed by atoms with E-state index >= 15 is 0 Å². The van der Waals surface area contributed by atoms with E-state index in [1.54, 1.807) is 14.0 Å². The van der Waals surface area contributed by atoms with Gasteiger partial charge in [-0.1, -0.05) is 0 Å². The minimum atomic E-state index is -0.263. The molecule has 0 aliphatic heterocycles. The average Bonchev–Trinajstić information content (AvgIpc) is 2.35. The minimum Gasteiger partial charge on any atom is -0.422 e. The molecular formula is C8H12N2O2. The normalized spacial score (nSPS) is 20.5. The van der Waals surface area contributed by atoms with Crippen molar-refractivity contribution < 1.29 is 9.15 Å². The Balaban J connectivity index is 2.27. The molecule has 66 valence electrons. The highest BCUT2D eigenvalue weighted by atomic mass is 16.5. The number of aryl methyl sites for hydroxylation is 1. The van der Waals surface area contributed by atoms with Gasteiger partial charge in [0.15, 0.2) is 0 Å². The fraction of sp³-hybridized carbons (Fsp3) is 0.750. The van der Waals surface area contributed by atoms with Crippen molar-refractivity contribution in [3.63, 3.8) is 0 Å². The molecule has 12 heavy (non-hydrogen) atoms. The molecule has 1 aromatic rings. The Labute approximate surface area is 70.9 Å². The van der Waals surface area contributed by atoms with E-state index < -0.39 is 0 Å². The van der Waals surface area contributed by atoms with Crippen molar-refractivity contribution in [3.05, 3.63) is 11.8 Å². The molecule has 0 amide bonds. The van der Waals surface area contributed by atoms with Crippen molar-refractivity contribution >= 4 is 0 Å². The molecule has 0 N–H and O–H groups in total. The van der Waals surface area contributed by atoms with Crippen LogP contribution in [0, 0.1) is 6.92 Å². The number of hydrogen-bond donors (Lipinski definition) is 0. The molecule has 4 nitrogen and oxygen atoms in total. The number of aromatic nitrogens is 2. The van der Waals surface area contributed by atoms with Crippen LogP contribution in [0.5, 0.6) is 0 Å². The fourth-order valence-electron chi connectivity index (χ4n) is 1.48. The largest absolute Gasteiger partial charge is 0.422 e. The molecule has 0 spiro atoms. The van der Waals surface area contributed by atoms with E-state index in [2.05, 4.69) is 10.2 Å². The number of ether oxygens (including phenoxy) is 1. The van der Waals surface area contributed by atoms with E-state index in [1.807, 2.05) is 0 Å². The molecule has 1 aromatic heterocycles. The third-order valence-electron chi connectivity index (χ3n) is 2.47. The molecule has 1 aliphatic carbocycles. The second-order valence-electron chi connectivity index (χ2n) is 3.18. The highest BCUT2D eigenvalue weighted by molar-refractivity contribution is 5.03. The van der Waals surface area contributed by atoms with Gasteiger partial charge in [0.25, 0.3) is 0 Å². The predicted molar refractivity (Wildman–Crippen MR) is 41.6 cm³/mol. The van der Waals surface area contributed by atoms with Gasteiger partial charge in [-0.2, -0.15) is 0 Å². The second-order valence-corrected chi connectivity index (χ2v) is 3.18. The topological polar surface area (TPSA) is 48.2 Å². The van der Waals surface area contributed by atoms with Gasteiger partial charge in [0.05, 0.1) is 0 Å². The SMILES string of the molecule is COC1(c2nnc(C)o2)CCC1. The van der Waals surface area contributed by atoms with Crippen molar-refractivity contribution in [1.82, 2.24) is 10.2 Å². The van der Waals surface area contributed by atoms with Crippen LogP contribution >= 0.6 is 0 Å². The molecular weight excluding hydrogens is 156 g/mol. The Morgan fingerprint density at radius 1 is 1.42 bits per heavy atom. The minimum absolute atomic E-state index is 0.263. The molecule has 0 saturated heterocycles. The summed E-state index contributed by atoms with van der Waals surface area (Å²) in [6.07, 6.45) is 3.16. The lowest BCUT2D eigenvalue weighted by Crippen LogP contribution is -2.36. The van der Waals surface area contributed by atoms with E-state index in [0.29, 0.717) is 11.8 Å². The van der Waals surface area contributed by atoms with Crippen LogP contribution in [0.25, 0.3) is 0 Å². The zero-order valence-corrected chi connectivity index (χ0v) is 7.33. The number of methoxy groups -OCH3 is 1. The first-order chi connectivity index (χ1) is 5.77. The number of hydrogen-bond acceptors (Lipinski definition) is 4. The summed E-state index contributed by atoms with van der Waals surface area (Å²) in [6, 6.07) is 0. The quantitative estimate of drug-likeness (QED) is 0.669. The maximum Gasteiger partial charge on any atom is 0.248 e. The van der Waals surface area contributed by atoms with Crippen LogP contribution in [-0.4, -0.2) is 17.3 Å². The van der Waals surface area contributed by atoms with Crippen molar-refractivity contribution in [2.45, 2.75) is 31.8 Å². The number of nitrogens with zero attached hydrogens (tertiary/aromatic N) is 2. The highest BCUT2D eigenvalue weighted by Gasteiger charge is 2.43. The van der Waals surface area contributed by atoms with Crippen LogP contribution < -0.4 is 0 Å². The Bertz CT molecular complexity index is 273. The van der Waals surface area contributed by atoms with E-state index in [9.17, 15) is 0 Å². The van der Waals surface area contributed by atoms with E-state index in [-0.39, 0.29) is 5.60 Å². The summed E-state index contributed by atoms with van der Waals surface area (Å²) >= 11 is 0. The molecule has 0 bridgehead atoms. The van der Waals surface area contributed by atoms with Crippen molar-refractivity contribution in [2.24, 2.45) is 0 Å². The molecule has 1 fully saturated rings. The molecule has 2 rings (SSSR count). The van der Waals surface area contributed by atoms with Gasteiger partial charge in [0.1, 0.15) is 5.60 Å². The maximum absolute atomic E-state index is 5.38. The first kappa shape index (κ1) is 7.73. The lowest BCUT2D eigenvalue weighted by atomic mass is 9.80. The van der Waals surface area contributed by atoms with Gasteiger partial charge >= 0.3 is 0 Å². The molecule has 0 unspecified atom stereocenters. The van der Waals surface area contributed by atoms with Gasteiger partial charge in [0.2, 0.25) is 11.8 Å². The predicted octanol–water partition coefficient (Wildman–Crippen LogP) is 1.40. The Morgan fingerprint density at radius 2 is 2.17 bits per heavy atom. The van der Waals surface area contributed by atoms with Crippen LogP contribution in [0.4, 0.5) is 0 Å². The zero-order valence-electron chi connectivity index (χ0n) is 7.33. The van der Waals surface area contributed by atoms with Crippen LogP contribution in [0.1, 0.15) is 31.0 Å². The smallest absolute Gasteiger partial charge is 0.248 e. The summed E-state index contributed by atoms with van der Waals surface area (Å²) in [5.41, 5.74) is -0.263. The summed E-state index contributed by atoms with van der Waals surface area (Å²) in [5.74, 6) is 1.24. The second kappa shape index (κ2) is 2.55. The van der Waals surface area contributed by atoms with Crippen molar-refractivity contribution in [2.75, 3.05) is 7.11 Å². The van der Waals surface area contributed by atoms with Crippen LogP contribution in [0.3, 0.4) is 0 Å². The monoisotopic (exact) mass is 168 g/mol. The first-order valence-electron chi connectivity index (χ1n) is 4.12. The summed E-state index contributed by atoms with van der Waals surface area (Å²) < 4.78 is 10.7. The van der Waals surface area contributed by atoms with Crippen LogP contribution in [0.15, 0.2) is 4.42 Å². The summed E-state index contributed by atoms with van der Waals surface area (Å²) in [7, 11) is 1.69. The summed E-state index contributed by atoms with van der Waals surface area (Å²) in [5, 5.41) is 7.75. The fourth-order valence-corrected chi connectivity index (χ4v) is 1.48. The molecule has 1 aliphatic rings. The number of rotatable bonds is 2. The summed E-state index contributed by atoms with van der Waals surface area (Å²) in [6.45, 7) is 1.79. The van der Waals surface area contributed by atoms with Gasteiger partial charge in [-0.05, 0) is 19.3 Å². The lowest BCUT2D eigenvalue weighted by Gasteiger charge is -2.36. The molecule has 1 heterocycles. The Kier molecular flexibility index (Phi) is 1.65. The first-order valence-corrected chi connectivity index (χ1v) is 4.12. The Morgan fingerprint density at radius 3 is 2.50 bits per heavy atom. The van der Waals surface area contributed by atoms with Gasteiger partial charge in [0, 0.05) is 14.0 Å². The van der Waals surface area contributed by atoms with Crippen molar-refractivity contribution in [3.8, 4) is 0 Å². The van der Waals surface area contributed by atoms with Gasteiger partial charge in [-0.15, -0.1) is 10.2 Å². The average molecular weight is 168 g/mol. The van der Waals surface area contributed by atoms with Crippen LogP contribution in [0.2, 0.25) is 0 Å². The molecule has 1 saturated carbocycles. The highest BCUT2D eigenvalue weighted by Crippen LogP contribution is 2.43. The van der Waals surface area contributed by atoms with E-state index in [0.717, 1.165) is 12.8 Å². The van der Waals surface area contributed by atoms with Gasteiger partial charge < -0.3 is 9.15 Å². The molecule has 0 aromatic carbocycles. The maximum atomic E-state index is 5.38. The van der Waals surface area contributed by atoms with Gasteiger partial charge in [-0.3, -0.25) is 0 Å². The van der Waals surface area contributed by atoms with E-state index in [1.165, 1.54) is 6.42 Å². The standard InChI is InChI=1S/C8H12N2O2/c1-6-9-10-7(12-6)8(11-2)4-3-5-8/h3-5H2,1-2H3. The molecule has 4 heteroatoms. The third kappa shape index (κ3) is 0.948. The zero-order chi connectivity index (χ0) is 8.60. The van der Waals surface area contributed by atoms with Crippen LogP contribution in [-0.2, 0) is 10.3 Å². The Hall–Kier alpha value is -0.900. The van der Waals surface area contributed by atoms with E-state index in [4.69, 9.17) is 9.15 Å². The van der Waals surface area contributed by atoms with Crippen molar-refractivity contribution in [1.29, 1.82) is 0 Å². The molecule has 0 radical (unpaired) electrons. The summed E-state index contributed by atoms with van der Waals surface area (Å²) in [4.78, 5) is 0. The van der Waals surface area contributed by atoms with Gasteiger partial charge in [-0.25, -0.2) is 0 Å². The molecule has 0 atom stereocenters. The lowest BCUT2D eigenvalue weighted by molar-refractivity contribution is -0.0970.